The average Bonchev–Trinajstić information content (AvgIpc) is 2.48. The maximum Gasteiger partial charge on any atom is 0.242 e. The highest BCUT2D eigenvalue weighted by Gasteiger charge is 2.15. The summed E-state index contributed by atoms with van der Waals surface area (Å²) in [6.07, 6.45) is 1.10. The Labute approximate surface area is 120 Å². The summed E-state index contributed by atoms with van der Waals surface area (Å²) < 4.78 is 52.5. The Hall–Kier alpha value is -2.10. The summed E-state index contributed by atoms with van der Waals surface area (Å²) in [5.74, 6) is 4.07. The summed E-state index contributed by atoms with van der Waals surface area (Å²) >= 11 is 0. The Morgan fingerprint density at radius 3 is 2.57 bits per heavy atom. The number of nitrogens with one attached hydrogen (secondary N) is 2. The maximum absolute atomic E-state index is 13.4. The number of aromatic nitrogens is 1. The smallest absolute Gasteiger partial charge is 0.242 e. The van der Waals surface area contributed by atoms with Crippen LogP contribution >= 0.6 is 0 Å². The molecule has 0 aliphatic carbocycles. The Bertz CT molecular complexity index is 735. The first-order valence-electron chi connectivity index (χ1n) is 5.78. The summed E-state index contributed by atoms with van der Waals surface area (Å²) in [6.45, 7) is -0.372. The van der Waals surface area contributed by atoms with Crippen molar-refractivity contribution in [2.24, 2.45) is 5.84 Å². The number of pyridine rings is 1. The molecule has 0 atom stereocenters. The van der Waals surface area contributed by atoms with Crippen molar-refractivity contribution < 1.29 is 17.2 Å². The molecular formula is C12H12F2N4O2S. The van der Waals surface area contributed by atoms with Crippen LogP contribution in [0.4, 0.5) is 14.6 Å². The monoisotopic (exact) mass is 314 g/mol. The first-order chi connectivity index (χ1) is 9.92. The van der Waals surface area contributed by atoms with Gasteiger partial charge in [-0.3, -0.25) is 0 Å². The van der Waals surface area contributed by atoms with E-state index in [1.54, 1.807) is 0 Å². The number of nitrogens with zero attached hydrogens (tertiary/aromatic N) is 1. The summed E-state index contributed by atoms with van der Waals surface area (Å²) in [5, 5.41) is 0. The number of rotatable bonds is 5. The van der Waals surface area contributed by atoms with Crippen molar-refractivity contribution in [2.45, 2.75) is 11.4 Å². The van der Waals surface area contributed by atoms with Crippen molar-refractivity contribution in [1.82, 2.24) is 9.71 Å². The van der Waals surface area contributed by atoms with Crippen LogP contribution in [0.25, 0.3) is 0 Å². The zero-order chi connectivity index (χ0) is 15.5. The van der Waals surface area contributed by atoms with Gasteiger partial charge in [0.25, 0.3) is 0 Å². The third-order valence-corrected chi connectivity index (χ3v) is 4.04. The fourth-order valence-corrected chi connectivity index (χ4v) is 2.51. The standard InChI is InChI=1S/C12H12F2N4O2S/c13-9-1-3-11(14)8(5-9)6-17-21(19,20)10-2-4-12(18-15)16-7-10/h1-5,7,17H,6,15H2,(H,16,18). The lowest BCUT2D eigenvalue weighted by Crippen LogP contribution is -2.24. The number of sulfonamides is 1. The van der Waals surface area contributed by atoms with Gasteiger partial charge < -0.3 is 5.43 Å². The second-order valence-electron chi connectivity index (χ2n) is 4.08. The molecule has 1 aromatic carbocycles. The quantitative estimate of drug-likeness (QED) is 0.568. The highest BCUT2D eigenvalue weighted by atomic mass is 32.2. The Balaban J connectivity index is 2.15. The highest BCUT2D eigenvalue weighted by Crippen LogP contribution is 2.13. The van der Waals surface area contributed by atoms with Gasteiger partial charge >= 0.3 is 0 Å². The molecule has 0 aliphatic rings. The molecule has 21 heavy (non-hydrogen) atoms. The van der Waals surface area contributed by atoms with Crippen LogP contribution in [-0.4, -0.2) is 13.4 Å². The normalized spacial score (nSPS) is 11.4. The molecule has 6 nitrogen and oxygen atoms in total. The third kappa shape index (κ3) is 3.72. The third-order valence-electron chi connectivity index (χ3n) is 2.65. The molecule has 0 saturated carbocycles. The lowest BCUT2D eigenvalue weighted by atomic mass is 10.2. The van der Waals surface area contributed by atoms with Gasteiger partial charge in [0, 0.05) is 18.3 Å². The predicted molar refractivity (Wildman–Crippen MR) is 72.4 cm³/mol. The number of hydrazine groups is 1. The van der Waals surface area contributed by atoms with Gasteiger partial charge in [0.2, 0.25) is 10.0 Å². The van der Waals surface area contributed by atoms with Crippen LogP contribution in [0.15, 0.2) is 41.4 Å². The van der Waals surface area contributed by atoms with Crippen LogP contribution in [0.2, 0.25) is 0 Å². The lowest BCUT2D eigenvalue weighted by Gasteiger charge is -2.08. The second-order valence-corrected chi connectivity index (χ2v) is 5.85. The largest absolute Gasteiger partial charge is 0.308 e. The Morgan fingerprint density at radius 2 is 1.95 bits per heavy atom. The predicted octanol–water partition coefficient (Wildman–Crippen LogP) is 1.12. The van der Waals surface area contributed by atoms with Crippen LogP contribution in [0, 0.1) is 11.6 Å². The van der Waals surface area contributed by atoms with Gasteiger partial charge in [-0.15, -0.1) is 0 Å². The molecule has 2 rings (SSSR count). The van der Waals surface area contributed by atoms with Crippen molar-refractivity contribution >= 4 is 15.8 Å². The van der Waals surface area contributed by atoms with Gasteiger partial charge in [-0.25, -0.2) is 32.7 Å². The Morgan fingerprint density at radius 1 is 1.19 bits per heavy atom. The fraction of sp³-hybridized carbons (Fsp3) is 0.0833. The van der Waals surface area contributed by atoms with E-state index >= 15 is 0 Å². The molecule has 0 saturated heterocycles. The lowest BCUT2D eigenvalue weighted by molar-refractivity contribution is 0.567. The number of nitrogen functional groups attached to an aromatic ring is 1. The molecule has 0 fully saturated rings. The topological polar surface area (TPSA) is 97.1 Å². The molecule has 1 aromatic heterocycles. The van der Waals surface area contributed by atoms with Crippen LogP contribution in [0.3, 0.4) is 0 Å². The molecule has 9 heteroatoms. The zero-order valence-electron chi connectivity index (χ0n) is 10.7. The molecule has 4 N–H and O–H groups in total. The van der Waals surface area contributed by atoms with E-state index in [-0.39, 0.29) is 17.0 Å². The second kappa shape index (κ2) is 6.12. The molecule has 0 unspecified atom stereocenters. The molecule has 0 aliphatic heterocycles. The summed E-state index contributed by atoms with van der Waals surface area (Å²) in [5.41, 5.74) is 2.17. The molecule has 0 radical (unpaired) electrons. The molecular weight excluding hydrogens is 302 g/mol. The van der Waals surface area contributed by atoms with Crippen molar-refractivity contribution in [3.05, 3.63) is 53.7 Å². The molecule has 1 heterocycles. The van der Waals surface area contributed by atoms with Gasteiger partial charge in [0.1, 0.15) is 22.3 Å². The average molecular weight is 314 g/mol. The van der Waals surface area contributed by atoms with Crippen LogP contribution < -0.4 is 16.0 Å². The van der Waals surface area contributed by atoms with E-state index in [4.69, 9.17) is 5.84 Å². The van der Waals surface area contributed by atoms with E-state index in [2.05, 4.69) is 15.1 Å². The van der Waals surface area contributed by atoms with Crippen LogP contribution in [0.1, 0.15) is 5.56 Å². The van der Waals surface area contributed by atoms with Gasteiger partial charge in [-0.05, 0) is 30.3 Å². The fourth-order valence-electron chi connectivity index (χ4n) is 1.56. The van der Waals surface area contributed by atoms with E-state index in [9.17, 15) is 17.2 Å². The summed E-state index contributed by atoms with van der Waals surface area (Å²) in [4.78, 5) is 3.65. The highest BCUT2D eigenvalue weighted by molar-refractivity contribution is 7.89. The first-order valence-corrected chi connectivity index (χ1v) is 7.27. The summed E-state index contributed by atoms with van der Waals surface area (Å²) in [6, 6.07) is 5.47. The Kier molecular flexibility index (Phi) is 4.46. The molecule has 0 amide bonds. The van der Waals surface area contributed by atoms with E-state index in [1.807, 2.05) is 0 Å². The number of benzene rings is 1. The van der Waals surface area contributed by atoms with E-state index in [1.165, 1.54) is 12.1 Å². The van der Waals surface area contributed by atoms with E-state index < -0.39 is 21.7 Å². The van der Waals surface area contributed by atoms with Gasteiger partial charge in [-0.2, -0.15) is 0 Å². The number of anilines is 1. The van der Waals surface area contributed by atoms with Crippen LogP contribution in [-0.2, 0) is 16.6 Å². The van der Waals surface area contributed by atoms with Crippen molar-refractivity contribution in [1.29, 1.82) is 0 Å². The van der Waals surface area contributed by atoms with Crippen molar-refractivity contribution in [2.75, 3.05) is 5.43 Å². The summed E-state index contributed by atoms with van der Waals surface area (Å²) in [7, 11) is -3.88. The van der Waals surface area contributed by atoms with Gasteiger partial charge in [-0.1, -0.05) is 0 Å². The minimum atomic E-state index is -3.88. The van der Waals surface area contributed by atoms with Crippen LogP contribution in [0.5, 0.6) is 0 Å². The maximum atomic E-state index is 13.4. The first kappa shape index (κ1) is 15.3. The zero-order valence-corrected chi connectivity index (χ0v) is 11.5. The van der Waals surface area contributed by atoms with Crippen molar-refractivity contribution in [3.8, 4) is 0 Å². The van der Waals surface area contributed by atoms with Crippen molar-refractivity contribution in [3.63, 3.8) is 0 Å². The van der Waals surface area contributed by atoms with Gasteiger partial charge in [0.15, 0.2) is 0 Å². The van der Waals surface area contributed by atoms with Gasteiger partial charge in [0.05, 0.1) is 0 Å². The minimum absolute atomic E-state index is 0.0909. The SMILES string of the molecule is NNc1ccc(S(=O)(=O)NCc2cc(F)ccc2F)cn1. The molecule has 0 bridgehead atoms. The number of halogens is 2. The van der Waals surface area contributed by atoms with E-state index in [0.717, 1.165) is 24.4 Å². The number of hydrogen-bond donors (Lipinski definition) is 3. The molecule has 0 spiro atoms. The molecule has 112 valence electrons. The number of nitrogens with two attached hydrogens (primary N) is 1. The molecule has 2 aromatic rings. The van der Waals surface area contributed by atoms with E-state index in [0.29, 0.717) is 5.82 Å². The number of hydrogen-bond acceptors (Lipinski definition) is 5. The minimum Gasteiger partial charge on any atom is -0.308 e.